The molecule has 0 saturated heterocycles. The highest BCUT2D eigenvalue weighted by Gasteiger charge is 2.27. The van der Waals surface area contributed by atoms with Gasteiger partial charge in [-0.25, -0.2) is 0 Å². The normalized spacial score (nSPS) is 18.9. The van der Waals surface area contributed by atoms with Crippen LogP contribution in [0.4, 0.5) is 0 Å². The first kappa shape index (κ1) is 9.46. The van der Waals surface area contributed by atoms with Crippen molar-refractivity contribution in [1.29, 1.82) is 0 Å². The van der Waals surface area contributed by atoms with Gasteiger partial charge in [0.2, 0.25) is 0 Å². The van der Waals surface area contributed by atoms with E-state index in [9.17, 15) is 9.90 Å². The number of carbonyl (C=O) groups excluding carboxylic acids is 1. The topological polar surface area (TPSA) is 46.5 Å². The number of Topliss-reactive ketones (excluding diaryl/α,β-unsaturated/α-hetero) is 1. The van der Waals surface area contributed by atoms with Crippen molar-refractivity contribution in [2.24, 2.45) is 0 Å². The third-order valence-electron chi connectivity index (χ3n) is 3.13. The van der Waals surface area contributed by atoms with Gasteiger partial charge in [-0.05, 0) is 24.6 Å². The Bertz CT molecular complexity index is 500. The summed E-state index contributed by atoms with van der Waals surface area (Å²) in [7, 11) is 0. The van der Waals surface area contributed by atoms with Crippen molar-refractivity contribution in [1.82, 2.24) is 0 Å². The summed E-state index contributed by atoms with van der Waals surface area (Å²) >= 11 is 0. The first-order valence-corrected chi connectivity index (χ1v) is 5.49. The summed E-state index contributed by atoms with van der Waals surface area (Å²) in [6.45, 7) is 0. The van der Waals surface area contributed by atoms with Gasteiger partial charge < -0.3 is 9.84 Å². The van der Waals surface area contributed by atoms with E-state index in [0.717, 1.165) is 35.5 Å². The van der Waals surface area contributed by atoms with Crippen LogP contribution in [-0.2, 0) is 11.2 Å². The Hall–Kier alpha value is -1.77. The summed E-state index contributed by atoms with van der Waals surface area (Å²) in [6.07, 6.45) is 2.95. The van der Waals surface area contributed by atoms with E-state index in [1.807, 2.05) is 0 Å². The monoisotopic (exact) mass is 216 g/mol. The Balaban J connectivity index is 2.04. The number of benzene rings is 1. The van der Waals surface area contributed by atoms with E-state index in [1.165, 1.54) is 0 Å². The van der Waals surface area contributed by atoms with Crippen molar-refractivity contribution in [2.75, 3.05) is 0 Å². The van der Waals surface area contributed by atoms with Crippen LogP contribution >= 0.6 is 0 Å². The molecule has 3 heteroatoms. The molecular weight excluding hydrogens is 204 g/mol. The van der Waals surface area contributed by atoms with E-state index in [2.05, 4.69) is 0 Å². The summed E-state index contributed by atoms with van der Waals surface area (Å²) in [5, 5.41) is 9.39. The van der Waals surface area contributed by atoms with Crippen LogP contribution in [0.1, 0.15) is 24.8 Å². The van der Waals surface area contributed by atoms with Gasteiger partial charge >= 0.3 is 0 Å². The summed E-state index contributed by atoms with van der Waals surface area (Å²) in [6, 6.07) is 5.03. The number of fused-ring (bicyclic) bond motifs is 1. The van der Waals surface area contributed by atoms with Crippen LogP contribution < -0.4 is 4.74 Å². The molecule has 0 aromatic heterocycles. The van der Waals surface area contributed by atoms with E-state index >= 15 is 0 Å². The van der Waals surface area contributed by atoms with Gasteiger partial charge in [0.25, 0.3) is 0 Å². The van der Waals surface area contributed by atoms with Crippen molar-refractivity contribution in [2.45, 2.75) is 25.7 Å². The number of rotatable bonds is 0. The molecule has 1 aliphatic carbocycles. The van der Waals surface area contributed by atoms with Gasteiger partial charge in [-0.15, -0.1) is 0 Å². The maximum absolute atomic E-state index is 11.7. The van der Waals surface area contributed by atoms with Crippen LogP contribution in [0.25, 0.3) is 0 Å². The third kappa shape index (κ3) is 1.40. The van der Waals surface area contributed by atoms with E-state index in [0.29, 0.717) is 12.8 Å². The zero-order valence-corrected chi connectivity index (χ0v) is 8.82. The molecule has 1 heterocycles. The van der Waals surface area contributed by atoms with E-state index in [1.54, 1.807) is 18.2 Å². The molecule has 0 radical (unpaired) electrons. The number of allylic oxidation sites excluding steroid dienone is 2. The number of ether oxygens (including phenoxy) is 1. The predicted octanol–water partition coefficient (Wildman–Crippen LogP) is 2.33. The third-order valence-corrected chi connectivity index (χ3v) is 3.13. The van der Waals surface area contributed by atoms with E-state index in [4.69, 9.17) is 4.74 Å². The fourth-order valence-corrected chi connectivity index (χ4v) is 2.30. The highest BCUT2D eigenvalue weighted by atomic mass is 16.5. The molecule has 0 amide bonds. The molecule has 3 rings (SSSR count). The van der Waals surface area contributed by atoms with Crippen molar-refractivity contribution in [3.63, 3.8) is 0 Å². The molecule has 1 aromatic carbocycles. The van der Waals surface area contributed by atoms with E-state index in [-0.39, 0.29) is 11.5 Å². The molecular formula is C13H12O3. The standard InChI is InChI=1S/C13H12O3/c14-9-4-5-12-8(6-9)7-10-11(15)2-1-3-13(10)16-12/h4-6,14H,1-3,7H2. The van der Waals surface area contributed by atoms with Crippen LogP contribution in [0.5, 0.6) is 11.5 Å². The Morgan fingerprint density at radius 3 is 3.00 bits per heavy atom. The maximum atomic E-state index is 11.7. The molecule has 16 heavy (non-hydrogen) atoms. The van der Waals surface area contributed by atoms with Gasteiger partial charge in [0, 0.05) is 30.4 Å². The highest BCUT2D eigenvalue weighted by molar-refractivity contribution is 5.97. The lowest BCUT2D eigenvalue weighted by Crippen LogP contribution is -2.20. The Labute approximate surface area is 93.4 Å². The Morgan fingerprint density at radius 2 is 2.12 bits per heavy atom. The number of hydrogen-bond acceptors (Lipinski definition) is 3. The van der Waals surface area contributed by atoms with E-state index < -0.39 is 0 Å². The summed E-state index contributed by atoms with van der Waals surface area (Å²) in [5.74, 6) is 2.01. The highest BCUT2D eigenvalue weighted by Crippen LogP contribution is 2.36. The maximum Gasteiger partial charge on any atom is 0.162 e. The van der Waals surface area contributed by atoms with Gasteiger partial charge in [0.05, 0.1) is 0 Å². The van der Waals surface area contributed by atoms with Gasteiger partial charge in [-0.2, -0.15) is 0 Å². The smallest absolute Gasteiger partial charge is 0.162 e. The minimum absolute atomic E-state index is 0.190. The van der Waals surface area contributed by atoms with Crippen LogP contribution in [0.15, 0.2) is 29.5 Å². The number of phenols is 1. The lowest BCUT2D eigenvalue weighted by molar-refractivity contribution is -0.116. The van der Waals surface area contributed by atoms with Crippen LogP contribution in [0.2, 0.25) is 0 Å². The van der Waals surface area contributed by atoms with Crippen molar-refractivity contribution in [3.05, 3.63) is 35.1 Å². The van der Waals surface area contributed by atoms with Gasteiger partial charge in [-0.1, -0.05) is 0 Å². The number of carbonyl (C=O) groups is 1. The molecule has 82 valence electrons. The number of phenolic OH excluding ortho intramolecular Hbond substituents is 1. The van der Waals surface area contributed by atoms with Crippen molar-refractivity contribution >= 4 is 5.78 Å². The first-order chi connectivity index (χ1) is 7.74. The number of hydrogen-bond donors (Lipinski definition) is 1. The summed E-state index contributed by atoms with van der Waals surface area (Å²) in [4.78, 5) is 11.7. The van der Waals surface area contributed by atoms with Gasteiger partial charge in [0.15, 0.2) is 5.78 Å². The molecule has 0 unspecified atom stereocenters. The number of aromatic hydroxyl groups is 1. The second kappa shape index (κ2) is 3.37. The Kier molecular flexibility index (Phi) is 1.99. The largest absolute Gasteiger partial charge is 0.508 e. The lowest BCUT2D eigenvalue weighted by Gasteiger charge is -2.25. The van der Waals surface area contributed by atoms with Crippen molar-refractivity contribution in [3.8, 4) is 11.5 Å². The molecule has 1 aromatic rings. The molecule has 1 N–H and O–H groups in total. The molecule has 0 atom stereocenters. The lowest BCUT2D eigenvalue weighted by atomic mass is 9.89. The average Bonchev–Trinajstić information content (AvgIpc) is 2.28. The molecule has 0 saturated carbocycles. The second-order valence-corrected chi connectivity index (χ2v) is 4.25. The molecule has 0 spiro atoms. The van der Waals surface area contributed by atoms with Gasteiger partial charge in [-0.3, -0.25) is 4.79 Å². The second-order valence-electron chi connectivity index (χ2n) is 4.25. The first-order valence-electron chi connectivity index (χ1n) is 5.49. The fourth-order valence-electron chi connectivity index (χ4n) is 2.30. The quantitative estimate of drug-likeness (QED) is 0.724. The predicted molar refractivity (Wildman–Crippen MR) is 58.3 cm³/mol. The zero-order chi connectivity index (χ0) is 11.1. The van der Waals surface area contributed by atoms with Crippen LogP contribution in [-0.4, -0.2) is 10.9 Å². The molecule has 0 bridgehead atoms. The van der Waals surface area contributed by atoms with Crippen LogP contribution in [0.3, 0.4) is 0 Å². The fraction of sp³-hybridized carbons (Fsp3) is 0.308. The molecule has 3 nitrogen and oxygen atoms in total. The Morgan fingerprint density at radius 1 is 1.25 bits per heavy atom. The average molecular weight is 216 g/mol. The molecule has 0 fully saturated rings. The summed E-state index contributed by atoms with van der Waals surface area (Å²) < 4.78 is 5.71. The minimum atomic E-state index is 0.190. The van der Waals surface area contributed by atoms with Crippen molar-refractivity contribution < 1.29 is 14.6 Å². The zero-order valence-electron chi connectivity index (χ0n) is 8.82. The molecule has 2 aliphatic rings. The van der Waals surface area contributed by atoms with Crippen LogP contribution in [0, 0.1) is 0 Å². The molecule has 1 aliphatic heterocycles. The van der Waals surface area contributed by atoms with Gasteiger partial charge in [0.1, 0.15) is 17.3 Å². The summed E-state index contributed by atoms with van der Waals surface area (Å²) in [5.41, 5.74) is 1.69. The number of ketones is 1. The minimum Gasteiger partial charge on any atom is -0.508 e. The SMILES string of the molecule is O=C1CCCC2=C1Cc1cc(O)ccc1O2.